The number of nitrogens with one attached hydrogen (secondary N) is 1. The van der Waals surface area contributed by atoms with Crippen LogP contribution in [0.5, 0.6) is 5.75 Å². The highest BCUT2D eigenvalue weighted by Crippen LogP contribution is 2.30. The Balaban J connectivity index is 1.60. The number of amides is 1. The van der Waals surface area contributed by atoms with Crippen LogP contribution in [0.1, 0.15) is 24.2 Å². The van der Waals surface area contributed by atoms with Gasteiger partial charge < -0.3 is 10.1 Å². The number of carbonyl (C=O) groups is 1. The summed E-state index contributed by atoms with van der Waals surface area (Å²) in [6.45, 7) is 4.03. The van der Waals surface area contributed by atoms with Gasteiger partial charge >= 0.3 is 0 Å². The fourth-order valence-electron chi connectivity index (χ4n) is 3.65. The van der Waals surface area contributed by atoms with Crippen molar-refractivity contribution in [3.63, 3.8) is 0 Å². The molecule has 30 heavy (non-hydrogen) atoms. The molecule has 0 bridgehead atoms. The topological polar surface area (TPSA) is 69.0 Å². The Morgan fingerprint density at radius 1 is 1.10 bits per heavy atom. The van der Waals surface area contributed by atoms with Crippen molar-refractivity contribution in [2.75, 3.05) is 7.11 Å². The predicted molar refractivity (Wildman–Crippen MR) is 117 cm³/mol. The molecular formula is C24H24N4O2. The van der Waals surface area contributed by atoms with Crippen LogP contribution < -0.4 is 10.1 Å². The van der Waals surface area contributed by atoms with E-state index >= 15 is 0 Å². The molecule has 152 valence electrons. The van der Waals surface area contributed by atoms with Gasteiger partial charge in [-0.25, -0.2) is 9.67 Å². The minimum Gasteiger partial charge on any atom is -0.497 e. The minimum atomic E-state index is -0.104. The summed E-state index contributed by atoms with van der Waals surface area (Å²) in [6, 6.07) is 19.7. The summed E-state index contributed by atoms with van der Waals surface area (Å²) in [5.74, 6) is 0.702. The zero-order valence-corrected chi connectivity index (χ0v) is 17.3. The number of hydrogen-bond donors (Lipinski definition) is 1. The van der Waals surface area contributed by atoms with Crippen molar-refractivity contribution in [2.45, 2.75) is 26.4 Å². The van der Waals surface area contributed by atoms with E-state index in [4.69, 9.17) is 4.74 Å². The van der Waals surface area contributed by atoms with Gasteiger partial charge in [0, 0.05) is 11.6 Å². The van der Waals surface area contributed by atoms with Gasteiger partial charge in [0.25, 0.3) is 0 Å². The third-order valence-electron chi connectivity index (χ3n) is 5.18. The van der Waals surface area contributed by atoms with Crippen LogP contribution in [0.15, 0.2) is 66.9 Å². The summed E-state index contributed by atoms with van der Waals surface area (Å²) >= 11 is 0. The molecule has 0 fully saturated rings. The quantitative estimate of drug-likeness (QED) is 0.524. The molecule has 1 N–H and O–H groups in total. The van der Waals surface area contributed by atoms with Crippen LogP contribution in [0.4, 0.5) is 0 Å². The SMILES string of the molecule is COc1ccc(-c2ccnc3c2c(C)nn3CC(=O)NC(C)c2ccccc2)cc1. The van der Waals surface area contributed by atoms with E-state index in [1.54, 1.807) is 18.0 Å². The first-order chi connectivity index (χ1) is 14.6. The van der Waals surface area contributed by atoms with Crippen molar-refractivity contribution < 1.29 is 9.53 Å². The number of rotatable bonds is 6. The fraction of sp³-hybridized carbons (Fsp3) is 0.208. The lowest BCUT2D eigenvalue weighted by atomic mass is 10.0. The van der Waals surface area contributed by atoms with Gasteiger partial charge in [-0.15, -0.1) is 0 Å². The zero-order chi connectivity index (χ0) is 21.1. The molecule has 2 heterocycles. The van der Waals surface area contributed by atoms with Crippen LogP contribution >= 0.6 is 0 Å². The zero-order valence-electron chi connectivity index (χ0n) is 17.3. The van der Waals surface area contributed by atoms with Crippen molar-refractivity contribution >= 4 is 16.9 Å². The minimum absolute atomic E-state index is 0.0792. The third-order valence-corrected chi connectivity index (χ3v) is 5.18. The molecule has 1 atom stereocenters. The number of ether oxygens (including phenoxy) is 1. The summed E-state index contributed by atoms with van der Waals surface area (Å²) in [7, 11) is 1.65. The summed E-state index contributed by atoms with van der Waals surface area (Å²) in [5.41, 5.74) is 4.68. The maximum atomic E-state index is 12.7. The highest BCUT2D eigenvalue weighted by atomic mass is 16.5. The van der Waals surface area contributed by atoms with E-state index in [9.17, 15) is 4.79 Å². The molecule has 4 rings (SSSR count). The van der Waals surface area contributed by atoms with Crippen LogP contribution in [0.25, 0.3) is 22.2 Å². The monoisotopic (exact) mass is 400 g/mol. The molecule has 0 spiro atoms. The van der Waals surface area contributed by atoms with Crippen molar-refractivity contribution in [2.24, 2.45) is 0 Å². The van der Waals surface area contributed by atoms with Crippen LogP contribution in [0, 0.1) is 6.92 Å². The van der Waals surface area contributed by atoms with E-state index in [1.807, 2.05) is 74.5 Å². The van der Waals surface area contributed by atoms with E-state index in [0.717, 1.165) is 33.5 Å². The number of methoxy groups -OCH3 is 1. The lowest BCUT2D eigenvalue weighted by molar-refractivity contribution is -0.122. The van der Waals surface area contributed by atoms with Crippen molar-refractivity contribution in [3.05, 3.63) is 78.1 Å². The Morgan fingerprint density at radius 3 is 2.53 bits per heavy atom. The molecule has 1 amide bonds. The largest absolute Gasteiger partial charge is 0.497 e. The van der Waals surface area contributed by atoms with Gasteiger partial charge in [0.1, 0.15) is 12.3 Å². The molecule has 1 unspecified atom stereocenters. The average molecular weight is 400 g/mol. The normalized spacial score (nSPS) is 12.0. The second-order valence-corrected chi connectivity index (χ2v) is 7.23. The molecule has 2 aromatic heterocycles. The molecule has 6 heteroatoms. The molecule has 0 saturated heterocycles. The number of fused-ring (bicyclic) bond motifs is 1. The number of carbonyl (C=O) groups excluding carboxylic acids is 1. The molecule has 0 saturated carbocycles. The number of hydrogen-bond acceptors (Lipinski definition) is 4. The van der Waals surface area contributed by atoms with E-state index < -0.39 is 0 Å². The van der Waals surface area contributed by atoms with Gasteiger partial charge in [0.15, 0.2) is 5.65 Å². The molecule has 0 aliphatic rings. The van der Waals surface area contributed by atoms with Gasteiger partial charge in [0.05, 0.1) is 18.8 Å². The van der Waals surface area contributed by atoms with E-state index in [1.165, 1.54) is 0 Å². The highest BCUT2D eigenvalue weighted by Gasteiger charge is 2.17. The average Bonchev–Trinajstić information content (AvgIpc) is 3.09. The van der Waals surface area contributed by atoms with Gasteiger partial charge in [-0.1, -0.05) is 42.5 Å². The Morgan fingerprint density at radius 2 is 1.83 bits per heavy atom. The fourth-order valence-corrected chi connectivity index (χ4v) is 3.65. The maximum Gasteiger partial charge on any atom is 0.242 e. The van der Waals surface area contributed by atoms with E-state index in [0.29, 0.717) is 5.65 Å². The predicted octanol–water partition coefficient (Wildman–Crippen LogP) is 4.29. The first kappa shape index (κ1) is 19.6. The van der Waals surface area contributed by atoms with Crippen LogP contribution in [0.2, 0.25) is 0 Å². The van der Waals surface area contributed by atoms with Gasteiger partial charge in [-0.05, 0) is 48.7 Å². The first-order valence-electron chi connectivity index (χ1n) is 9.87. The molecule has 4 aromatic rings. The number of nitrogens with zero attached hydrogens (tertiary/aromatic N) is 3. The summed E-state index contributed by atoms with van der Waals surface area (Å²) in [6.07, 6.45) is 1.75. The molecule has 0 radical (unpaired) electrons. The lowest BCUT2D eigenvalue weighted by Gasteiger charge is -2.14. The molecule has 0 aliphatic heterocycles. The number of benzene rings is 2. The second-order valence-electron chi connectivity index (χ2n) is 7.23. The number of aromatic nitrogens is 3. The highest BCUT2D eigenvalue weighted by molar-refractivity contribution is 5.95. The second kappa shape index (κ2) is 8.37. The molecule has 6 nitrogen and oxygen atoms in total. The van der Waals surface area contributed by atoms with Gasteiger partial charge in [-0.2, -0.15) is 5.10 Å². The van der Waals surface area contributed by atoms with E-state index in [-0.39, 0.29) is 18.5 Å². The Kier molecular flexibility index (Phi) is 5.48. The summed E-state index contributed by atoms with van der Waals surface area (Å²) < 4.78 is 6.93. The Hall–Kier alpha value is -3.67. The molecule has 0 aliphatic carbocycles. The number of aryl methyl sites for hydroxylation is 1. The van der Waals surface area contributed by atoms with Crippen LogP contribution in [-0.2, 0) is 11.3 Å². The third kappa shape index (κ3) is 3.89. The smallest absolute Gasteiger partial charge is 0.242 e. The Bertz CT molecular complexity index is 1170. The number of pyridine rings is 1. The first-order valence-corrected chi connectivity index (χ1v) is 9.87. The van der Waals surface area contributed by atoms with Crippen molar-refractivity contribution in [1.29, 1.82) is 0 Å². The Labute approximate surface area is 175 Å². The van der Waals surface area contributed by atoms with Crippen LogP contribution in [-0.4, -0.2) is 27.8 Å². The van der Waals surface area contributed by atoms with Gasteiger partial charge in [0.2, 0.25) is 5.91 Å². The molecule has 2 aromatic carbocycles. The molecular weight excluding hydrogens is 376 g/mol. The van der Waals surface area contributed by atoms with Crippen molar-refractivity contribution in [1.82, 2.24) is 20.1 Å². The van der Waals surface area contributed by atoms with Crippen molar-refractivity contribution in [3.8, 4) is 16.9 Å². The van der Waals surface area contributed by atoms with E-state index in [2.05, 4.69) is 15.4 Å². The van der Waals surface area contributed by atoms with Gasteiger partial charge in [-0.3, -0.25) is 4.79 Å². The summed E-state index contributed by atoms with van der Waals surface area (Å²) in [5, 5.41) is 8.58. The standard InChI is InChI=1S/C24H24N4O2/c1-16(18-7-5-4-6-8-18)26-22(29)15-28-24-23(17(2)27-28)21(13-14-25-24)19-9-11-20(30-3)12-10-19/h4-14,16H,15H2,1-3H3,(H,26,29). The lowest BCUT2D eigenvalue weighted by Crippen LogP contribution is -2.30. The summed E-state index contributed by atoms with van der Waals surface area (Å²) in [4.78, 5) is 17.2. The van der Waals surface area contributed by atoms with Crippen LogP contribution in [0.3, 0.4) is 0 Å². The maximum absolute atomic E-state index is 12.7.